The standard InChI is InChI=1S/C16H23N3O.C3H4N2/c1-12(19-9-3-2-4-10-19)16(20)18-15-8-7-14(11-17-15)13-5-6-13;1-2-4-5-3-1/h7-8,11-13H,2-6,9-10H2,1H3,(H,17,18,20);1-3H,(H,4,5). The van der Waals surface area contributed by atoms with Crippen molar-refractivity contribution in [2.75, 3.05) is 18.4 Å². The number of H-pyrrole nitrogens is 1. The molecule has 2 aromatic heterocycles. The second kappa shape index (κ2) is 8.76. The molecule has 6 heteroatoms. The summed E-state index contributed by atoms with van der Waals surface area (Å²) in [5.41, 5.74) is 1.30. The van der Waals surface area contributed by atoms with Gasteiger partial charge in [0, 0.05) is 18.6 Å². The number of piperidine rings is 1. The van der Waals surface area contributed by atoms with E-state index in [2.05, 4.69) is 31.5 Å². The van der Waals surface area contributed by atoms with Crippen LogP contribution in [0.15, 0.2) is 36.8 Å². The zero-order chi connectivity index (χ0) is 17.5. The number of carbonyl (C=O) groups excluding carboxylic acids is 1. The average molecular weight is 341 g/mol. The molecule has 0 spiro atoms. The third-order valence-electron chi connectivity index (χ3n) is 4.81. The third-order valence-corrected chi connectivity index (χ3v) is 4.81. The minimum atomic E-state index is -0.0693. The van der Waals surface area contributed by atoms with Gasteiger partial charge in [-0.25, -0.2) is 4.98 Å². The Balaban J connectivity index is 0.000000314. The fourth-order valence-electron chi connectivity index (χ4n) is 3.05. The molecule has 2 aromatic rings. The van der Waals surface area contributed by atoms with E-state index < -0.39 is 0 Å². The van der Waals surface area contributed by atoms with Crippen LogP contribution in [0, 0.1) is 0 Å². The molecule has 1 saturated heterocycles. The maximum Gasteiger partial charge on any atom is 0.242 e. The van der Waals surface area contributed by atoms with E-state index in [0.717, 1.165) is 13.1 Å². The minimum absolute atomic E-state index is 0.0542. The number of aromatic nitrogens is 3. The van der Waals surface area contributed by atoms with Gasteiger partial charge in [0.2, 0.25) is 5.91 Å². The number of pyridine rings is 1. The zero-order valence-corrected chi connectivity index (χ0v) is 14.8. The van der Waals surface area contributed by atoms with Crippen molar-refractivity contribution >= 4 is 11.7 Å². The number of nitrogens with one attached hydrogen (secondary N) is 2. The Kier molecular flexibility index (Phi) is 6.17. The third kappa shape index (κ3) is 5.39. The zero-order valence-electron chi connectivity index (χ0n) is 14.8. The summed E-state index contributed by atoms with van der Waals surface area (Å²) in [5.74, 6) is 1.43. The molecule has 0 bridgehead atoms. The molecule has 0 radical (unpaired) electrons. The van der Waals surface area contributed by atoms with Gasteiger partial charge in [0.05, 0.1) is 6.04 Å². The van der Waals surface area contributed by atoms with Gasteiger partial charge in [-0.05, 0) is 69.3 Å². The van der Waals surface area contributed by atoms with Crippen molar-refractivity contribution in [3.8, 4) is 0 Å². The Hall–Kier alpha value is -2.21. The number of hydrogen-bond acceptors (Lipinski definition) is 4. The molecule has 4 rings (SSSR count). The summed E-state index contributed by atoms with van der Waals surface area (Å²) in [6, 6.07) is 5.78. The first-order valence-electron chi connectivity index (χ1n) is 9.18. The fourth-order valence-corrected chi connectivity index (χ4v) is 3.05. The molecule has 1 amide bonds. The first-order valence-corrected chi connectivity index (χ1v) is 9.18. The second-order valence-corrected chi connectivity index (χ2v) is 6.78. The maximum atomic E-state index is 12.3. The molecule has 1 saturated carbocycles. The van der Waals surface area contributed by atoms with E-state index in [0.29, 0.717) is 11.7 Å². The van der Waals surface area contributed by atoms with Crippen LogP contribution < -0.4 is 5.32 Å². The van der Waals surface area contributed by atoms with Crippen LogP contribution in [0.4, 0.5) is 5.82 Å². The summed E-state index contributed by atoms with van der Waals surface area (Å²) in [6.45, 7) is 4.05. The van der Waals surface area contributed by atoms with Crippen molar-refractivity contribution < 1.29 is 4.79 Å². The van der Waals surface area contributed by atoms with Crippen LogP contribution in [0.5, 0.6) is 0 Å². The van der Waals surface area contributed by atoms with Gasteiger partial charge in [-0.1, -0.05) is 12.5 Å². The van der Waals surface area contributed by atoms with Crippen LogP contribution in [0.1, 0.15) is 50.5 Å². The summed E-state index contributed by atoms with van der Waals surface area (Å²) < 4.78 is 0. The van der Waals surface area contributed by atoms with E-state index in [4.69, 9.17) is 0 Å². The Labute approximate surface area is 149 Å². The lowest BCUT2D eigenvalue weighted by atomic mass is 10.1. The number of rotatable bonds is 4. The first kappa shape index (κ1) is 17.6. The smallest absolute Gasteiger partial charge is 0.242 e. The molecule has 2 aliphatic rings. The van der Waals surface area contributed by atoms with Crippen LogP contribution in [0.3, 0.4) is 0 Å². The Bertz CT molecular complexity index is 613. The number of aromatic amines is 1. The molecular formula is C19H27N5O. The minimum Gasteiger partial charge on any atom is -0.309 e. The molecule has 1 unspecified atom stereocenters. The van der Waals surface area contributed by atoms with Gasteiger partial charge in [0.25, 0.3) is 0 Å². The quantitative estimate of drug-likeness (QED) is 0.896. The van der Waals surface area contributed by atoms with Crippen LogP contribution >= 0.6 is 0 Å². The van der Waals surface area contributed by atoms with E-state index in [1.807, 2.05) is 25.3 Å². The molecule has 2 fully saturated rings. The van der Waals surface area contributed by atoms with Gasteiger partial charge in [0.15, 0.2) is 0 Å². The molecule has 1 aliphatic heterocycles. The van der Waals surface area contributed by atoms with Crippen molar-refractivity contribution in [3.05, 3.63) is 42.4 Å². The van der Waals surface area contributed by atoms with E-state index in [1.165, 1.54) is 37.7 Å². The van der Waals surface area contributed by atoms with Crippen molar-refractivity contribution in [1.82, 2.24) is 20.1 Å². The molecule has 3 heterocycles. The summed E-state index contributed by atoms with van der Waals surface area (Å²) in [6.07, 6.45) is 11.6. The largest absolute Gasteiger partial charge is 0.309 e. The molecule has 134 valence electrons. The van der Waals surface area contributed by atoms with Gasteiger partial charge in [-0.15, -0.1) is 0 Å². The molecule has 0 aromatic carbocycles. The number of amides is 1. The highest BCUT2D eigenvalue weighted by molar-refractivity contribution is 5.93. The number of likely N-dealkylation sites (tertiary alicyclic amines) is 1. The highest BCUT2D eigenvalue weighted by Crippen LogP contribution is 2.39. The summed E-state index contributed by atoms with van der Waals surface area (Å²) >= 11 is 0. The predicted molar refractivity (Wildman–Crippen MR) is 98.3 cm³/mol. The summed E-state index contributed by atoms with van der Waals surface area (Å²) in [5, 5.41) is 9.14. The molecule has 6 nitrogen and oxygen atoms in total. The van der Waals surface area contributed by atoms with Gasteiger partial charge in [-0.3, -0.25) is 14.8 Å². The van der Waals surface area contributed by atoms with Crippen LogP contribution in [-0.4, -0.2) is 45.1 Å². The van der Waals surface area contributed by atoms with Gasteiger partial charge < -0.3 is 5.32 Å². The average Bonchev–Trinajstić information content (AvgIpc) is 3.33. The van der Waals surface area contributed by atoms with E-state index in [1.54, 1.807) is 12.4 Å². The van der Waals surface area contributed by atoms with Crippen LogP contribution in [0.25, 0.3) is 0 Å². The van der Waals surface area contributed by atoms with E-state index >= 15 is 0 Å². The van der Waals surface area contributed by atoms with Crippen molar-refractivity contribution in [2.24, 2.45) is 0 Å². The Morgan fingerprint density at radius 2 is 2.08 bits per heavy atom. The van der Waals surface area contributed by atoms with Crippen molar-refractivity contribution in [2.45, 2.75) is 51.0 Å². The lowest BCUT2D eigenvalue weighted by Crippen LogP contribution is -2.44. The lowest BCUT2D eigenvalue weighted by molar-refractivity contribution is -0.121. The Morgan fingerprint density at radius 1 is 1.28 bits per heavy atom. The SMILES string of the molecule is CC(C(=O)Nc1ccc(C2CC2)cn1)N1CCCCC1.c1cn[nH]c1. The van der Waals surface area contributed by atoms with Crippen molar-refractivity contribution in [1.29, 1.82) is 0 Å². The lowest BCUT2D eigenvalue weighted by Gasteiger charge is -2.31. The Morgan fingerprint density at radius 3 is 2.60 bits per heavy atom. The first-order chi connectivity index (χ1) is 12.2. The van der Waals surface area contributed by atoms with Gasteiger partial charge in [0.1, 0.15) is 5.82 Å². The normalized spacial score (nSPS) is 18.8. The summed E-state index contributed by atoms with van der Waals surface area (Å²) in [4.78, 5) is 18.9. The summed E-state index contributed by atoms with van der Waals surface area (Å²) in [7, 11) is 0. The van der Waals surface area contributed by atoms with Crippen molar-refractivity contribution in [3.63, 3.8) is 0 Å². The molecule has 1 aliphatic carbocycles. The van der Waals surface area contributed by atoms with E-state index in [-0.39, 0.29) is 11.9 Å². The molecule has 1 atom stereocenters. The molecule has 2 N–H and O–H groups in total. The monoisotopic (exact) mass is 341 g/mol. The van der Waals surface area contributed by atoms with Crippen LogP contribution in [-0.2, 0) is 4.79 Å². The molecule has 25 heavy (non-hydrogen) atoms. The van der Waals surface area contributed by atoms with Crippen LogP contribution in [0.2, 0.25) is 0 Å². The fraction of sp³-hybridized carbons (Fsp3) is 0.526. The topological polar surface area (TPSA) is 73.9 Å². The highest BCUT2D eigenvalue weighted by atomic mass is 16.2. The number of anilines is 1. The highest BCUT2D eigenvalue weighted by Gasteiger charge is 2.25. The van der Waals surface area contributed by atoms with Gasteiger partial charge >= 0.3 is 0 Å². The van der Waals surface area contributed by atoms with E-state index in [9.17, 15) is 4.79 Å². The predicted octanol–water partition coefficient (Wildman–Crippen LogP) is 3.18. The number of hydrogen-bond donors (Lipinski definition) is 2. The number of nitrogens with zero attached hydrogens (tertiary/aromatic N) is 3. The molecular weight excluding hydrogens is 314 g/mol. The number of carbonyl (C=O) groups is 1. The maximum absolute atomic E-state index is 12.3. The second-order valence-electron chi connectivity index (χ2n) is 6.78. The van der Waals surface area contributed by atoms with Gasteiger partial charge in [-0.2, -0.15) is 5.10 Å².